The van der Waals surface area contributed by atoms with Crippen LogP contribution in [0.2, 0.25) is 0 Å². The molecule has 0 amide bonds. The average molecular weight is 270 g/mol. The van der Waals surface area contributed by atoms with Crippen LogP contribution in [0.3, 0.4) is 0 Å². The molecule has 0 fully saturated rings. The molecule has 0 N–H and O–H groups in total. The van der Waals surface area contributed by atoms with Crippen molar-refractivity contribution in [3.05, 3.63) is 35.0 Å². The SMILES string of the molecule is COc1cccc2c(C(C)=O)c3c(nc12)CCN(C)C3. The zero-order chi connectivity index (χ0) is 14.3. The fraction of sp³-hybridized carbons (Fsp3) is 0.375. The Labute approximate surface area is 118 Å². The number of nitrogens with zero attached hydrogens (tertiary/aromatic N) is 2. The third-order valence-electron chi connectivity index (χ3n) is 3.90. The van der Waals surface area contributed by atoms with Crippen molar-refractivity contribution in [3.63, 3.8) is 0 Å². The van der Waals surface area contributed by atoms with Gasteiger partial charge in [-0.2, -0.15) is 0 Å². The summed E-state index contributed by atoms with van der Waals surface area (Å²) >= 11 is 0. The highest BCUT2D eigenvalue weighted by atomic mass is 16.5. The van der Waals surface area contributed by atoms with Crippen molar-refractivity contribution in [3.8, 4) is 5.75 Å². The van der Waals surface area contributed by atoms with E-state index in [0.29, 0.717) is 0 Å². The molecule has 0 spiro atoms. The lowest BCUT2D eigenvalue weighted by atomic mass is 9.94. The summed E-state index contributed by atoms with van der Waals surface area (Å²) in [6.07, 6.45) is 0.875. The van der Waals surface area contributed by atoms with E-state index < -0.39 is 0 Å². The van der Waals surface area contributed by atoms with Crippen LogP contribution in [0.1, 0.15) is 28.5 Å². The van der Waals surface area contributed by atoms with E-state index in [0.717, 1.165) is 53.0 Å². The molecule has 1 aromatic heterocycles. The summed E-state index contributed by atoms with van der Waals surface area (Å²) in [5.74, 6) is 0.823. The second-order valence-corrected chi connectivity index (χ2v) is 5.31. The Bertz CT molecular complexity index is 694. The second-order valence-electron chi connectivity index (χ2n) is 5.31. The number of carbonyl (C=O) groups excluding carboxylic acids is 1. The number of ketones is 1. The summed E-state index contributed by atoms with van der Waals surface area (Å²) in [7, 11) is 3.71. The Morgan fingerprint density at radius 3 is 2.90 bits per heavy atom. The third kappa shape index (κ3) is 1.96. The topological polar surface area (TPSA) is 42.4 Å². The van der Waals surface area contributed by atoms with Gasteiger partial charge in [-0.3, -0.25) is 4.79 Å². The van der Waals surface area contributed by atoms with Crippen LogP contribution in [-0.4, -0.2) is 36.4 Å². The van der Waals surface area contributed by atoms with Crippen molar-refractivity contribution in [2.24, 2.45) is 0 Å². The van der Waals surface area contributed by atoms with Gasteiger partial charge in [0.1, 0.15) is 11.3 Å². The van der Waals surface area contributed by atoms with Gasteiger partial charge in [-0.05, 0) is 25.6 Å². The molecule has 0 unspecified atom stereocenters. The predicted molar refractivity (Wildman–Crippen MR) is 78.3 cm³/mol. The normalized spacial score (nSPS) is 15.2. The van der Waals surface area contributed by atoms with E-state index in [1.807, 2.05) is 18.2 Å². The van der Waals surface area contributed by atoms with Gasteiger partial charge >= 0.3 is 0 Å². The summed E-state index contributed by atoms with van der Waals surface area (Å²) in [6.45, 7) is 3.38. The van der Waals surface area contributed by atoms with Crippen molar-refractivity contribution >= 4 is 16.7 Å². The summed E-state index contributed by atoms with van der Waals surface area (Å²) in [4.78, 5) is 19.1. The monoisotopic (exact) mass is 270 g/mol. The van der Waals surface area contributed by atoms with Crippen LogP contribution in [0.15, 0.2) is 18.2 Å². The predicted octanol–water partition coefficient (Wildman–Crippen LogP) is 2.43. The number of pyridine rings is 1. The largest absolute Gasteiger partial charge is 0.494 e. The number of aromatic nitrogens is 1. The van der Waals surface area contributed by atoms with Crippen LogP contribution in [0, 0.1) is 0 Å². The number of hydrogen-bond acceptors (Lipinski definition) is 4. The molecule has 4 nitrogen and oxygen atoms in total. The quantitative estimate of drug-likeness (QED) is 0.786. The number of carbonyl (C=O) groups is 1. The Morgan fingerprint density at radius 2 is 2.20 bits per heavy atom. The lowest BCUT2D eigenvalue weighted by Gasteiger charge is -2.26. The number of methoxy groups -OCH3 is 1. The van der Waals surface area contributed by atoms with Gasteiger partial charge in [0.05, 0.1) is 7.11 Å². The Hall–Kier alpha value is -1.94. The number of likely N-dealkylation sites (N-methyl/N-ethyl adjacent to an activating group) is 1. The minimum absolute atomic E-state index is 0.0946. The molecule has 0 saturated carbocycles. The molecule has 0 aliphatic carbocycles. The van der Waals surface area contributed by atoms with Crippen LogP contribution in [0.4, 0.5) is 0 Å². The molecular weight excluding hydrogens is 252 g/mol. The summed E-state index contributed by atoms with van der Waals surface area (Å²) in [6, 6.07) is 5.76. The van der Waals surface area contributed by atoms with Gasteiger partial charge in [0.25, 0.3) is 0 Å². The second kappa shape index (κ2) is 4.87. The maximum absolute atomic E-state index is 12.2. The molecule has 4 heteroatoms. The molecular formula is C16H18N2O2. The average Bonchev–Trinajstić information content (AvgIpc) is 2.43. The third-order valence-corrected chi connectivity index (χ3v) is 3.90. The first-order chi connectivity index (χ1) is 9.61. The van der Waals surface area contributed by atoms with Gasteiger partial charge in [0.2, 0.25) is 0 Å². The fourth-order valence-corrected chi connectivity index (χ4v) is 2.94. The molecule has 1 aliphatic rings. The highest BCUT2D eigenvalue weighted by molar-refractivity contribution is 6.08. The minimum Gasteiger partial charge on any atom is -0.494 e. The summed E-state index contributed by atoms with van der Waals surface area (Å²) < 4.78 is 5.39. The molecule has 0 atom stereocenters. The first-order valence-corrected chi connectivity index (χ1v) is 6.79. The molecule has 0 bridgehead atoms. The number of Topliss-reactive ketones (excluding diaryl/α,β-unsaturated/α-hetero) is 1. The van der Waals surface area contributed by atoms with E-state index in [4.69, 9.17) is 9.72 Å². The molecule has 0 saturated heterocycles. The zero-order valence-corrected chi connectivity index (χ0v) is 12.1. The number of benzene rings is 1. The van der Waals surface area contributed by atoms with Gasteiger partial charge in [0.15, 0.2) is 5.78 Å². The minimum atomic E-state index is 0.0946. The number of para-hydroxylation sites is 1. The van der Waals surface area contributed by atoms with Crippen molar-refractivity contribution in [1.82, 2.24) is 9.88 Å². The molecule has 0 radical (unpaired) electrons. The van der Waals surface area contributed by atoms with Gasteiger partial charge in [-0.1, -0.05) is 12.1 Å². The number of ether oxygens (including phenoxy) is 1. The number of fused-ring (bicyclic) bond motifs is 2. The molecule has 2 heterocycles. The van der Waals surface area contributed by atoms with E-state index in [-0.39, 0.29) is 5.78 Å². The maximum Gasteiger partial charge on any atom is 0.160 e. The highest BCUT2D eigenvalue weighted by Crippen LogP contribution is 2.32. The van der Waals surface area contributed by atoms with Gasteiger partial charge in [-0.15, -0.1) is 0 Å². The van der Waals surface area contributed by atoms with Gasteiger partial charge in [0, 0.05) is 36.2 Å². The van der Waals surface area contributed by atoms with E-state index in [2.05, 4.69) is 11.9 Å². The van der Waals surface area contributed by atoms with Crippen molar-refractivity contribution in [1.29, 1.82) is 0 Å². The summed E-state index contributed by atoms with van der Waals surface area (Å²) in [5.41, 5.74) is 3.70. The van der Waals surface area contributed by atoms with E-state index in [1.165, 1.54) is 0 Å². The first kappa shape index (κ1) is 13.1. The van der Waals surface area contributed by atoms with Gasteiger partial charge < -0.3 is 9.64 Å². The zero-order valence-electron chi connectivity index (χ0n) is 12.1. The molecule has 104 valence electrons. The van der Waals surface area contributed by atoms with Crippen LogP contribution in [-0.2, 0) is 13.0 Å². The van der Waals surface area contributed by atoms with Crippen molar-refractivity contribution in [2.45, 2.75) is 19.9 Å². The molecule has 3 rings (SSSR count). The molecule has 1 aromatic carbocycles. The Morgan fingerprint density at radius 1 is 1.40 bits per heavy atom. The Kier molecular flexibility index (Phi) is 3.18. The van der Waals surface area contributed by atoms with Crippen LogP contribution < -0.4 is 4.74 Å². The smallest absolute Gasteiger partial charge is 0.160 e. The van der Waals surface area contributed by atoms with E-state index >= 15 is 0 Å². The Balaban J connectivity index is 2.38. The standard InChI is InChI=1S/C16H18N2O2/c1-10(19)15-11-5-4-6-14(20-3)16(11)17-13-7-8-18(2)9-12(13)15/h4-6H,7-9H2,1-3H3. The number of rotatable bonds is 2. The van der Waals surface area contributed by atoms with Crippen molar-refractivity contribution in [2.75, 3.05) is 20.7 Å². The molecule has 1 aliphatic heterocycles. The van der Waals surface area contributed by atoms with Crippen LogP contribution in [0.5, 0.6) is 5.75 Å². The summed E-state index contributed by atoms with van der Waals surface area (Å²) in [5, 5.41) is 0.894. The molecule has 20 heavy (non-hydrogen) atoms. The maximum atomic E-state index is 12.2. The highest BCUT2D eigenvalue weighted by Gasteiger charge is 2.23. The van der Waals surface area contributed by atoms with Gasteiger partial charge in [-0.25, -0.2) is 4.98 Å². The lowest BCUT2D eigenvalue weighted by molar-refractivity contribution is 0.101. The van der Waals surface area contributed by atoms with Crippen LogP contribution >= 0.6 is 0 Å². The fourth-order valence-electron chi connectivity index (χ4n) is 2.94. The molecule has 2 aromatic rings. The number of hydrogen-bond donors (Lipinski definition) is 0. The van der Waals surface area contributed by atoms with Crippen molar-refractivity contribution < 1.29 is 9.53 Å². The van der Waals surface area contributed by atoms with E-state index in [9.17, 15) is 4.79 Å². The van der Waals surface area contributed by atoms with E-state index in [1.54, 1.807) is 14.0 Å². The van der Waals surface area contributed by atoms with Crippen LogP contribution in [0.25, 0.3) is 10.9 Å². The first-order valence-electron chi connectivity index (χ1n) is 6.79. The lowest BCUT2D eigenvalue weighted by Crippen LogP contribution is -2.29.